The van der Waals surface area contributed by atoms with Crippen LogP contribution in [0, 0.1) is 6.92 Å². The Balaban J connectivity index is 1.86. The van der Waals surface area contributed by atoms with Crippen LogP contribution >= 0.6 is 11.5 Å². The second-order valence-electron chi connectivity index (χ2n) is 5.76. The molecule has 124 valence electrons. The Bertz CT molecular complexity index is 1180. The van der Waals surface area contributed by atoms with Gasteiger partial charge in [0.2, 0.25) is 0 Å². The van der Waals surface area contributed by atoms with Crippen LogP contribution in [0.1, 0.15) is 11.1 Å². The van der Waals surface area contributed by atoms with Gasteiger partial charge in [-0.15, -0.1) is 0 Å². The average Bonchev–Trinajstić information content (AvgIpc) is 3.03. The quantitative estimate of drug-likeness (QED) is 0.616. The van der Waals surface area contributed by atoms with E-state index in [2.05, 4.69) is 14.3 Å². The summed E-state index contributed by atoms with van der Waals surface area (Å²) in [4.78, 5) is 32.3. The molecule has 7 heteroatoms. The van der Waals surface area contributed by atoms with E-state index in [-0.39, 0.29) is 12.1 Å². The van der Waals surface area contributed by atoms with E-state index in [0.29, 0.717) is 21.6 Å². The fraction of sp³-hybridized carbons (Fsp3) is 0.111. The minimum atomic E-state index is -0.448. The first kappa shape index (κ1) is 15.5. The lowest BCUT2D eigenvalue weighted by molar-refractivity contribution is 0.713. The molecule has 4 rings (SSSR count). The average molecular weight is 350 g/mol. The molecular weight excluding hydrogens is 336 g/mol. The molecule has 0 aliphatic heterocycles. The van der Waals surface area contributed by atoms with Crippen molar-refractivity contribution in [3.8, 4) is 11.4 Å². The minimum absolute atomic E-state index is 0.225. The van der Waals surface area contributed by atoms with E-state index in [1.165, 1.54) is 4.57 Å². The molecule has 0 saturated carbocycles. The van der Waals surface area contributed by atoms with E-state index in [1.807, 2.05) is 37.3 Å². The van der Waals surface area contributed by atoms with Crippen molar-refractivity contribution in [2.45, 2.75) is 13.5 Å². The molecule has 0 saturated heterocycles. The smallest absolute Gasteiger partial charge is 0.304 e. The van der Waals surface area contributed by atoms with Crippen LogP contribution in [-0.4, -0.2) is 18.9 Å². The summed E-state index contributed by atoms with van der Waals surface area (Å²) in [5, 5.41) is 0. The van der Waals surface area contributed by atoms with Crippen LogP contribution in [0.2, 0.25) is 0 Å². The zero-order valence-corrected chi connectivity index (χ0v) is 14.2. The van der Waals surface area contributed by atoms with Crippen molar-refractivity contribution in [2.24, 2.45) is 0 Å². The molecular formula is C18H14N4O2S. The van der Waals surface area contributed by atoms with Gasteiger partial charge in [-0.25, -0.2) is 4.79 Å². The van der Waals surface area contributed by atoms with E-state index in [4.69, 9.17) is 0 Å². The van der Waals surface area contributed by atoms with Crippen LogP contribution in [0.4, 0.5) is 0 Å². The molecule has 0 spiro atoms. The molecule has 1 N–H and O–H groups in total. The first-order chi connectivity index (χ1) is 12.1. The first-order valence-electron chi connectivity index (χ1n) is 7.73. The van der Waals surface area contributed by atoms with Gasteiger partial charge in [0.05, 0.1) is 17.8 Å². The molecule has 1 aromatic carbocycles. The van der Waals surface area contributed by atoms with Gasteiger partial charge in [0.25, 0.3) is 5.56 Å². The van der Waals surface area contributed by atoms with Gasteiger partial charge < -0.3 is 4.98 Å². The molecule has 6 nitrogen and oxygen atoms in total. The van der Waals surface area contributed by atoms with Crippen LogP contribution < -0.4 is 11.2 Å². The molecule has 0 amide bonds. The number of hydrogen-bond donors (Lipinski definition) is 1. The van der Waals surface area contributed by atoms with Crippen molar-refractivity contribution in [3.05, 3.63) is 80.6 Å². The Hall–Kier alpha value is -3.06. The lowest BCUT2D eigenvalue weighted by Gasteiger charge is -2.06. The number of fused-ring (bicyclic) bond motifs is 1. The summed E-state index contributed by atoms with van der Waals surface area (Å²) in [6, 6.07) is 13.2. The maximum Gasteiger partial charge on any atom is 0.329 e. The number of rotatable bonds is 3. The minimum Gasteiger partial charge on any atom is -0.304 e. The third-order valence-corrected chi connectivity index (χ3v) is 4.77. The number of nitrogens with one attached hydrogen (secondary N) is 1. The normalized spacial score (nSPS) is 11.1. The second-order valence-corrected chi connectivity index (χ2v) is 6.53. The highest BCUT2D eigenvalue weighted by Gasteiger charge is 2.16. The van der Waals surface area contributed by atoms with Gasteiger partial charge in [-0.3, -0.25) is 14.3 Å². The summed E-state index contributed by atoms with van der Waals surface area (Å²) in [6.07, 6.45) is 1.65. The molecule has 0 bridgehead atoms. The van der Waals surface area contributed by atoms with E-state index in [1.54, 1.807) is 18.3 Å². The molecule has 0 unspecified atom stereocenters. The molecule has 0 atom stereocenters. The SMILES string of the molecule is Cc1cccc(Cn2c(=O)[nH]c3c(-c4ccccn4)nsc3c2=O)c1. The van der Waals surface area contributed by atoms with Crippen LogP contribution in [0.25, 0.3) is 21.6 Å². The predicted molar refractivity (Wildman–Crippen MR) is 98.0 cm³/mol. The van der Waals surface area contributed by atoms with E-state index >= 15 is 0 Å². The van der Waals surface area contributed by atoms with Gasteiger partial charge >= 0.3 is 5.69 Å². The van der Waals surface area contributed by atoms with Crippen LogP contribution in [0.3, 0.4) is 0 Å². The number of aromatic amines is 1. The summed E-state index contributed by atoms with van der Waals surface area (Å²) in [5.74, 6) is 0. The van der Waals surface area contributed by atoms with Crippen molar-refractivity contribution in [3.63, 3.8) is 0 Å². The molecule has 3 heterocycles. The lowest BCUT2D eigenvalue weighted by Crippen LogP contribution is -2.34. The Morgan fingerprint density at radius 2 is 2.04 bits per heavy atom. The zero-order valence-electron chi connectivity index (χ0n) is 13.4. The van der Waals surface area contributed by atoms with Gasteiger partial charge in [-0.05, 0) is 36.2 Å². The lowest BCUT2D eigenvalue weighted by atomic mass is 10.1. The summed E-state index contributed by atoms with van der Waals surface area (Å²) in [6.45, 7) is 2.20. The maximum atomic E-state index is 12.8. The number of benzene rings is 1. The van der Waals surface area contributed by atoms with Crippen LogP contribution in [0.5, 0.6) is 0 Å². The number of hydrogen-bond acceptors (Lipinski definition) is 5. The van der Waals surface area contributed by atoms with Gasteiger partial charge in [0.15, 0.2) is 0 Å². The third kappa shape index (κ3) is 2.78. The Morgan fingerprint density at radius 1 is 1.16 bits per heavy atom. The summed E-state index contributed by atoms with van der Waals surface area (Å²) in [5.41, 5.74) is 2.80. The topological polar surface area (TPSA) is 80.6 Å². The zero-order chi connectivity index (χ0) is 17.4. The monoisotopic (exact) mass is 350 g/mol. The fourth-order valence-corrected chi connectivity index (χ4v) is 3.55. The highest BCUT2D eigenvalue weighted by atomic mass is 32.1. The van der Waals surface area contributed by atoms with Crippen molar-refractivity contribution < 1.29 is 0 Å². The summed E-state index contributed by atoms with van der Waals surface area (Å²) < 4.78 is 5.96. The number of nitrogens with zero attached hydrogens (tertiary/aromatic N) is 3. The largest absolute Gasteiger partial charge is 0.329 e. The fourth-order valence-electron chi connectivity index (χ4n) is 2.76. The van der Waals surface area contributed by atoms with Gasteiger partial charge in [0.1, 0.15) is 10.4 Å². The molecule has 25 heavy (non-hydrogen) atoms. The van der Waals surface area contributed by atoms with Gasteiger partial charge in [-0.2, -0.15) is 4.37 Å². The van der Waals surface area contributed by atoms with Crippen molar-refractivity contribution in [1.29, 1.82) is 0 Å². The number of aryl methyl sites for hydroxylation is 1. The van der Waals surface area contributed by atoms with E-state index in [9.17, 15) is 9.59 Å². The molecule has 0 aliphatic carbocycles. The summed E-state index contributed by atoms with van der Waals surface area (Å²) >= 11 is 1.08. The maximum absolute atomic E-state index is 12.8. The first-order valence-corrected chi connectivity index (χ1v) is 8.50. The van der Waals surface area contributed by atoms with E-state index < -0.39 is 5.69 Å². The molecule has 0 fully saturated rings. The van der Waals surface area contributed by atoms with E-state index in [0.717, 1.165) is 22.7 Å². The van der Waals surface area contributed by atoms with Gasteiger partial charge in [-0.1, -0.05) is 35.9 Å². The molecule has 3 aromatic heterocycles. The Kier molecular flexibility index (Phi) is 3.77. The Morgan fingerprint density at radius 3 is 2.80 bits per heavy atom. The second kappa shape index (κ2) is 6.10. The van der Waals surface area contributed by atoms with Crippen molar-refractivity contribution >= 4 is 21.7 Å². The van der Waals surface area contributed by atoms with Crippen molar-refractivity contribution in [2.75, 3.05) is 0 Å². The van der Waals surface area contributed by atoms with Crippen LogP contribution in [0.15, 0.2) is 58.3 Å². The Labute approximate surface area is 146 Å². The molecule has 0 aliphatic rings. The molecule has 0 radical (unpaired) electrons. The highest BCUT2D eigenvalue weighted by molar-refractivity contribution is 7.13. The number of H-pyrrole nitrogens is 1. The van der Waals surface area contributed by atoms with Crippen molar-refractivity contribution in [1.82, 2.24) is 18.9 Å². The predicted octanol–water partition coefficient (Wildman–Crippen LogP) is 2.57. The highest BCUT2D eigenvalue weighted by Crippen LogP contribution is 2.24. The molecule has 4 aromatic rings. The van der Waals surface area contributed by atoms with Crippen LogP contribution in [-0.2, 0) is 6.54 Å². The number of pyridine rings is 1. The number of aromatic nitrogens is 4. The van der Waals surface area contributed by atoms with Gasteiger partial charge in [0, 0.05) is 6.20 Å². The summed E-state index contributed by atoms with van der Waals surface area (Å²) in [7, 11) is 0. The third-order valence-electron chi connectivity index (χ3n) is 3.94. The standard InChI is InChI=1S/C18H14N4O2S/c1-11-5-4-6-12(9-11)10-22-17(23)16-15(20-18(22)24)14(21-25-16)13-7-2-3-8-19-13/h2-9H,10H2,1H3,(H,20,24).